The van der Waals surface area contributed by atoms with Gasteiger partial charge in [-0.05, 0) is 32.0 Å². The molecule has 10 heteroatoms. The Morgan fingerprint density at radius 3 is 2.83 bits per heavy atom. The van der Waals surface area contributed by atoms with Crippen molar-refractivity contribution in [1.29, 1.82) is 0 Å². The molecular formula is C19H25ClF2N4O2S. The average molecular weight is 447 g/mol. The molecule has 1 N–H and O–H groups in total. The molecule has 1 aromatic heterocycles. The molecule has 0 saturated heterocycles. The van der Waals surface area contributed by atoms with Crippen LogP contribution in [0, 0.1) is 0 Å². The van der Waals surface area contributed by atoms with Gasteiger partial charge in [-0.25, -0.2) is 9.98 Å². The lowest BCUT2D eigenvalue weighted by Gasteiger charge is -2.21. The lowest BCUT2D eigenvalue weighted by molar-refractivity contribution is -0.0504. The maximum absolute atomic E-state index is 12.6. The minimum atomic E-state index is -2.91. The van der Waals surface area contributed by atoms with Gasteiger partial charge in [0.2, 0.25) is 0 Å². The first kappa shape index (κ1) is 23.3. The Morgan fingerprint density at radius 2 is 2.17 bits per heavy atom. The van der Waals surface area contributed by atoms with Gasteiger partial charge in [0.1, 0.15) is 16.9 Å². The quantitative estimate of drug-likeness (QED) is 0.447. The van der Waals surface area contributed by atoms with Crippen molar-refractivity contribution in [3.8, 4) is 5.75 Å². The van der Waals surface area contributed by atoms with Gasteiger partial charge < -0.3 is 19.7 Å². The molecular weight excluding hydrogens is 422 g/mol. The normalized spacial score (nSPS) is 12.9. The number of aliphatic imine (C=N–C) groups is 1. The SMILES string of the molecule is CCNC(=NCc1cc(Cl)ccc1OC(F)F)N(C)Cc1csc(C(C)OC)n1. The number of benzene rings is 1. The Morgan fingerprint density at radius 1 is 1.41 bits per heavy atom. The van der Waals surface area contributed by atoms with E-state index in [2.05, 4.69) is 20.0 Å². The van der Waals surface area contributed by atoms with Gasteiger partial charge in [-0.3, -0.25) is 0 Å². The molecule has 2 aromatic rings. The molecule has 0 aliphatic heterocycles. The van der Waals surface area contributed by atoms with Crippen molar-refractivity contribution in [2.75, 3.05) is 20.7 Å². The summed E-state index contributed by atoms with van der Waals surface area (Å²) in [6.45, 7) is 2.31. The first-order chi connectivity index (χ1) is 13.8. The summed E-state index contributed by atoms with van der Waals surface area (Å²) < 4.78 is 35.2. The fraction of sp³-hybridized carbons (Fsp3) is 0.474. The monoisotopic (exact) mass is 446 g/mol. The van der Waals surface area contributed by atoms with Gasteiger partial charge in [-0.2, -0.15) is 8.78 Å². The molecule has 0 aliphatic carbocycles. The zero-order valence-electron chi connectivity index (χ0n) is 16.8. The van der Waals surface area contributed by atoms with E-state index < -0.39 is 6.61 Å². The Hall–Kier alpha value is -1.97. The second kappa shape index (κ2) is 11.3. The lowest BCUT2D eigenvalue weighted by Crippen LogP contribution is -2.38. The summed E-state index contributed by atoms with van der Waals surface area (Å²) >= 11 is 7.55. The number of thiazole rings is 1. The molecule has 0 amide bonds. The molecule has 0 bridgehead atoms. The van der Waals surface area contributed by atoms with Crippen LogP contribution in [0.25, 0.3) is 0 Å². The van der Waals surface area contributed by atoms with Gasteiger partial charge in [0.25, 0.3) is 0 Å². The molecule has 29 heavy (non-hydrogen) atoms. The van der Waals surface area contributed by atoms with Crippen LogP contribution in [-0.2, 0) is 17.8 Å². The molecule has 1 aromatic carbocycles. The van der Waals surface area contributed by atoms with E-state index in [-0.39, 0.29) is 18.4 Å². The van der Waals surface area contributed by atoms with Gasteiger partial charge >= 0.3 is 6.61 Å². The minimum absolute atomic E-state index is 0.0583. The van der Waals surface area contributed by atoms with E-state index in [9.17, 15) is 8.78 Å². The molecule has 6 nitrogen and oxygen atoms in total. The maximum Gasteiger partial charge on any atom is 0.387 e. The van der Waals surface area contributed by atoms with E-state index >= 15 is 0 Å². The number of aromatic nitrogens is 1. The summed E-state index contributed by atoms with van der Waals surface area (Å²) in [7, 11) is 3.53. The average Bonchev–Trinajstić information content (AvgIpc) is 3.14. The van der Waals surface area contributed by atoms with E-state index in [1.807, 2.05) is 31.2 Å². The summed E-state index contributed by atoms with van der Waals surface area (Å²) in [6, 6.07) is 4.50. The minimum Gasteiger partial charge on any atom is -0.434 e. The standard InChI is InChI=1S/C19H25ClF2N4O2S/c1-5-23-19(26(3)10-15-11-29-17(25-15)12(2)27-4)24-9-13-8-14(20)6-7-16(13)28-18(21)22/h6-8,11-12,18H,5,9-10H2,1-4H3,(H,23,24). The first-order valence-electron chi connectivity index (χ1n) is 9.03. The summed E-state index contributed by atoms with van der Waals surface area (Å²) in [4.78, 5) is 11.0. The highest BCUT2D eigenvalue weighted by molar-refractivity contribution is 7.09. The van der Waals surface area contributed by atoms with Crippen molar-refractivity contribution in [3.05, 3.63) is 44.9 Å². The highest BCUT2D eigenvalue weighted by Gasteiger charge is 2.14. The first-order valence-corrected chi connectivity index (χ1v) is 10.3. The van der Waals surface area contributed by atoms with E-state index in [0.29, 0.717) is 29.6 Å². The van der Waals surface area contributed by atoms with Gasteiger partial charge in [0.15, 0.2) is 5.96 Å². The molecule has 0 spiro atoms. The second-order valence-electron chi connectivity index (χ2n) is 6.21. The van der Waals surface area contributed by atoms with Crippen LogP contribution in [0.15, 0.2) is 28.6 Å². The van der Waals surface area contributed by atoms with E-state index in [1.165, 1.54) is 12.1 Å². The second-order valence-corrected chi connectivity index (χ2v) is 7.54. The number of hydrogen-bond acceptors (Lipinski definition) is 5. The number of methoxy groups -OCH3 is 1. The third-order valence-electron chi connectivity index (χ3n) is 4.00. The number of halogens is 3. The molecule has 0 aliphatic rings. The molecule has 160 valence electrons. The summed E-state index contributed by atoms with van der Waals surface area (Å²) in [6.07, 6.45) is -0.0583. The van der Waals surface area contributed by atoms with Crippen LogP contribution < -0.4 is 10.1 Å². The summed E-state index contributed by atoms with van der Waals surface area (Å²) in [5.74, 6) is 0.675. The van der Waals surface area contributed by atoms with Crippen LogP contribution in [0.5, 0.6) is 5.75 Å². The van der Waals surface area contributed by atoms with Crippen molar-refractivity contribution in [3.63, 3.8) is 0 Å². The number of hydrogen-bond donors (Lipinski definition) is 1. The molecule has 1 heterocycles. The highest BCUT2D eigenvalue weighted by Crippen LogP contribution is 2.25. The Labute approximate surface area is 178 Å². The fourth-order valence-electron chi connectivity index (χ4n) is 2.51. The number of nitrogens with one attached hydrogen (secondary N) is 1. The van der Waals surface area contributed by atoms with Gasteiger partial charge in [-0.15, -0.1) is 11.3 Å². The van der Waals surface area contributed by atoms with E-state index in [1.54, 1.807) is 24.5 Å². The van der Waals surface area contributed by atoms with Crippen LogP contribution in [0.4, 0.5) is 8.78 Å². The predicted octanol–water partition coefficient (Wildman–Crippen LogP) is 4.70. The third kappa shape index (κ3) is 7.09. The summed E-state index contributed by atoms with van der Waals surface area (Å²) in [5.41, 5.74) is 1.37. The molecule has 0 radical (unpaired) electrons. The zero-order chi connectivity index (χ0) is 21.4. The van der Waals surface area contributed by atoms with Gasteiger partial charge in [0.05, 0.1) is 18.8 Å². The predicted molar refractivity (Wildman–Crippen MR) is 112 cm³/mol. The van der Waals surface area contributed by atoms with Crippen molar-refractivity contribution in [2.24, 2.45) is 4.99 Å². The summed E-state index contributed by atoms with van der Waals surface area (Å²) in [5, 5.41) is 6.51. The lowest BCUT2D eigenvalue weighted by atomic mass is 10.2. The van der Waals surface area contributed by atoms with E-state index in [0.717, 1.165) is 10.7 Å². The van der Waals surface area contributed by atoms with Crippen LogP contribution in [0.3, 0.4) is 0 Å². The largest absolute Gasteiger partial charge is 0.434 e. The van der Waals surface area contributed by atoms with E-state index in [4.69, 9.17) is 16.3 Å². The van der Waals surface area contributed by atoms with Crippen molar-refractivity contribution >= 4 is 28.9 Å². The zero-order valence-corrected chi connectivity index (χ0v) is 18.4. The molecule has 0 fully saturated rings. The molecule has 2 rings (SSSR count). The van der Waals surface area contributed by atoms with Crippen molar-refractivity contribution < 1.29 is 18.3 Å². The Balaban J connectivity index is 2.15. The number of guanidine groups is 1. The number of ether oxygens (including phenoxy) is 2. The molecule has 0 saturated carbocycles. The van der Waals surface area contributed by atoms with Crippen LogP contribution in [0.1, 0.15) is 36.2 Å². The topological polar surface area (TPSA) is 59.0 Å². The van der Waals surface area contributed by atoms with Gasteiger partial charge in [0, 0.05) is 36.7 Å². The van der Waals surface area contributed by atoms with Crippen molar-refractivity contribution in [1.82, 2.24) is 15.2 Å². The van der Waals surface area contributed by atoms with Crippen molar-refractivity contribution in [2.45, 2.75) is 39.7 Å². The number of alkyl halides is 2. The molecule has 1 atom stereocenters. The van der Waals surface area contributed by atoms with Crippen LogP contribution >= 0.6 is 22.9 Å². The smallest absolute Gasteiger partial charge is 0.387 e. The van der Waals surface area contributed by atoms with Crippen LogP contribution in [-0.4, -0.2) is 43.2 Å². The Bertz CT molecular complexity index is 819. The molecule has 1 unspecified atom stereocenters. The Kier molecular flexibility index (Phi) is 9.06. The number of nitrogens with zero attached hydrogens (tertiary/aromatic N) is 3. The van der Waals surface area contributed by atoms with Gasteiger partial charge in [-0.1, -0.05) is 11.6 Å². The van der Waals surface area contributed by atoms with Crippen LogP contribution in [0.2, 0.25) is 5.02 Å². The third-order valence-corrected chi connectivity index (χ3v) is 5.29. The maximum atomic E-state index is 12.6. The number of rotatable bonds is 9. The fourth-order valence-corrected chi connectivity index (χ4v) is 3.55. The highest BCUT2D eigenvalue weighted by atomic mass is 35.5.